The van der Waals surface area contributed by atoms with Crippen LogP contribution >= 0.6 is 0 Å². The van der Waals surface area contributed by atoms with Gasteiger partial charge in [0.1, 0.15) is 5.84 Å². The molecule has 0 aliphatic carbocycles. The van der Waals surface area contributed by atoms with Crippen molar-refractivity contribution >= 4 is 29.4 Å². The van der Waals surface area contributed by atoms with Gasteiger partial charge in [0.2, 0.25) is 5.91 Å². The van der Waals surface area contributed by atoms with Crippen molar-refractivity contribution in [1.82, 2.24) is 15.2 Å². The molecule has 0 aromatic heterocycles. The Balaban J connectivity index is 1.61. The van der Waals surface area contributed by atoms with Crippen LogP contribution in [-0.4, -0.2) is 53.6 Å². The molecule has 2 aromatic carbocycles. The fraction of sp³-hybridized carbons (Fsp3) is 0.393. The van der Waals surface area contributed by atoms with Crippen molar-refractivity contribution in [2.45, 2.75) is 46.0 Å². The normalized spacial score (nSPS) is 15.1. The summed E-state index contributed by atoms with van der Waals surface area (Å²) in [5.74, 6) is 6.45. The van der Waals surface area contributed by atoms with Crippen LogP contribution in [-0.2, 0) is 4.79 Å². The number of carbonyl (C=O) groups is 2. The first-order valence-electron chi connectivity index (χ1n) is 12.6. The summed E-state index contributed by atoms with van der Waals surface area (Å²) >= 11 is 0. The van der Waals surface area contributed by atoms with Crippen molar-refractivity contribution in [2.75, 3.05) is 26.2 Å². The Labute approximate surface area is 207 Å². The number of hydrazine groups is 1. The largest absolute Gasteiger partial charge is 0.339 e. The Bertz CT molecular complexity index is 1120. The zero-order valence-corrected chi connectivity index (χ0v) is 20.7. The number of rotatable bonds is 7. The molecule has 1 fully saturated rings. The number of nitrogens with two attached hydrogens (primary N) is 1. The summed E-state index contributed by atoms with van der Waals surface area (Å²) in [6, 6.07) is 13.8. The number of nitrogens with one attached hydrogen (secondary N) is 1. The van der Waals surface area contributed by atoms with Crippen LogP contribution in [0.25, 0.3) is 17.2 Å². The van der Waals surface area contributed by atoms with E-state index in [-0.39, 0.29) is 11.8 Å². The molecule has 184 valence electrons. The molecule has 0 bridgehead atoms. The maximum Gasteiger partial charge on any atom is 0.253 e. The van der Waals surface area contributed by atoms with Crippen LogP contribution in [0.2, 0.25) is 0 Å². The van der Waals surface area contributed by atoms with E-state index in [1.165, 1.54) is 0 Å². The molecular weight excluding hydrogens is 438 g/mol. The van der Waals surface area contributed by atoms with E-state index >= 15 is 0 Å². The lowest BCUT2D eigenvalue weighted by atomic mass is 9.99. The molecular formula is C28H35N5O2. The molecule has 2 aliphatic heterocycles. The van der Waals surface area contributed by atoms with E-state index < -0.39 is 0 Å². The minimum absolute atomic E-state index is 0.0341. The van der Waals surface area contributed by atoms with E-state index in [9.17, 15) is 9.59 Å². The quantitative estimate of drug-likeness (QED) is 0.457. The molecule has 0 radical (unpaired) electrons. The predicted octanol–water partition coefficient (Wildman–Crippen LogP) is 4.52. The number of hydrogen-bond donors (Lipinski definition) is 2. The smallest absolute Gasteiger partial charge is 0.253 e. The monoisotopic (exact) mass is 473 g/mol. The van der Waals surface area contributed by atoms with Crippen molar-refractivity contribution in [1.29, 1.82) is 0 Å². The van der Waals surface area contributed by atoms with Gasteiger partial charge in [-0.15, -0.1) is 0 Å². The second-order valence-electron chi connectivity index (χ2n) is 9.19. The Kier molecular flexibility index (Phi) is 7.98. The van der Waals surface area contributed by atoms with E-state index in [2.05, 4.69) is 19.3 Å². The molecule has 7 heteroatoms. The summed E-state index contributed by atoms with van der Waals surface area (Å²) in [6.07, 6.45) is 6.28. The van der Waals surface area contributed by atoms with E-state index in [0.717, 1.165) is 74.2 Å². The fourth-order valence-electron chi connectivity index (χ4n) is 4.73. The first-order chi connectivity index (χ1) is 17.0. The lowest BCUT2D eigenvalue weighted by molar-refractivity contribution is -0.127. The molecule has 1 saturated heterocycles. The van der Waals surface area contributed by atoms with Gasteiger partial charge in [-0.3, -0.25) is 9.59 Å². The number of likely N-dealkylation sites (tertiary alicyclic amines) is 1. The number of carbonyl (C=O) groups excluding carboxylic acids is 2. The third-order valence-corrected chi connectivity index (χ3v) is 6.55. The van der Waals surface area contributed by atoms with Gasteiger partial charge in [0, 0.05) is 49.3 Å². The fourth-order valence-corrected chi connectivity index (χ4v) is 4.73. The molecule has 2 aliphatic rings. The van der Waals surface area contributed by atoms with Crippen molar-refractivity contribution in [3.63, 3.8) is 0 Å². The van der Waals surface area contributed by atoms with Gasteiger partial charge >= 0.3 is 0 Å². The SMILES string of the molecule is CCCN(CCC)C(=O)C1=Cc2ccc(-c3ccc(C(=O)N4CCCC4)cc3)cc2N=C(NN)C1. The van der Waals surface area contributed by atoms with E-state index in [0.29, 0.717) is 23.4 Å². The third-order valence-electron chi connectivity index (χ3n) is 6.55. The highest BCUT2D eigenvalue weighted by molar-refractivity contribution is 6.06. The second kappa shape index (κ2) is 11.3. The van der Waals surface area contributed by atoms with Gasteiger partial charge in [-0.1, -0.05) is 38.1 Å². The van der Waals surface area contributed by atoms with Crippen LogP contribution in [0.5, 0.6) is 0 Å². The molecule has 2 amide bonds. The second-order valence-corrected chi connectivity index (χ2v) is 9.19. The summed E-state index contributed by atoms with van der Waals surface area (Å²) in [4.78, 5) is 34.5. The third kappa shape index (κ3) is 5.62. The maximum atomic E-state index is 13.3. The van der Waals surface area contributed by atoms with Crippen molar-refractivity contribution in [3.05, 3.63) is 59.2 Å². The number of amidine groups is 1. The Morgan fingerprint density at radius 3 is 2.29 bits per heavy atom. The van der Waals surface area contributed by atoms with Gasteiger partial charge in [-0.05, 0) is 61.1 Å². The molecule has 3 N–H and O–H groups in total. The number of fused-ring (bicyclic) bond motifs is 1. The van der Waals surface area contributed by atoms with Gasteiger partial charge in [-0.25, -0.2) is 10.8 Å². The summed E-state index contributed by atoms with van der Waals surface area (Å²) < 4.78 is 0. The van der Waals surface area contributed by atoms with Gasteiger partial charge < -0.3 is 15.2 Å². The van der Waals surface area contributed by atoms with Gasteiger partial charge in [0.15, 0.2) is 0 Å². The standard InChI is InChI=1S/C28H35N5O2/c1-3-13-32(14-4-2)28(35)24-17-23-12-11-22(18-25(23)30-26(19-24)31-29)20-7-9-21(10-8-20)27(34)33-15-5-6-16-33/h7-12,17-18H,3-6,13-16,19,29H2,1-2H3,(H,30,31). The average Bonchev–Trinajstić information content (AvgIpc) is 3.36. The zero-order valence-electron chi connectivity index (χ0n) is 20.7. The Morgan fingerprint density at radius 1 is 1.00 bits per heavy atom. The Morgan fingerprint density at radius 2 is 1.66 bits per heavy atom. The van der Waals surface area contributed by atoms with E-state index in [4.69, 9.17) is 10.8 Å². The van der Waals surface area contributed by atoms with Crippen molar-refractivity contribution in [2.24, 2.45) is 10.8 Å². The summed E-state index contributed by atoms with van der Waals surface area (Å²) in [6.45, 7) is 7.30. The maximum absolute atomic E-state index is 13.3. The molecule has 2 heterocycles. The molecule has 35 heavy (non-hydrogen) atoms. The highest BCUT2D eigenvalue weighted by Crippen LogP contribution is 2.32. The molecule has 0 spiro atoms. The van der Waals surface area contributed by atoms with Crippen LogP contribution in [0, 0.1) is 0 Å². The molecule has 2 aromatic rings. The van der Waals surface area contributed by atoms with Gasteiger partial charge in [-0.2, -0.15) is 0 Å². The number of amides is 2. The topological polar surface area (TPSA) is 91.0 Å². The molecule has 0 saturated carbocycles. The predicted molar refractivity (Wildman–Crippen MR) is 141 cm³/mol. The van der Waals surface area contributed by atoms with Crippen LogP contribution in [0.15, 0.2) is 53.0 Å². The molecule has 0 unspecified atom stereocenters. The minimum Gasteiger partial charge on any atom is -0.339 e. The van der Waals surface area contributed by atoms with E-state index in [1.807, 2.05) is 58.3 Å². The minimum atomic E-state index is 0.0341. The number of aliphatic imine (C=N–C) groups is 1. The summed E-state index contributed by atoms with van der Waals surface area (Å²) in [5.41, 5.74) is 7.71. The molecule has 4 rings (SSSR count). The highest BCUT2D eigenvalue weighted by Gasteiger charge is 2.22. The van der Waals surface area contributed by atoms with Crippen molar-refractivity contribution < 1.29 is 9.59 Å². The van der Waals surface area contributed by atoms with Gasteiger partial charge in [0.25, 0.3) is 5.91 Å². The van der Waals surface area contributed by atoms with Crippen molar-refractivity contribution in [3.8, 4) is 11.1 Å². The van der Waals surface area contributed by atoms with Crippen LogP contribution in [0.4, 0.5) is 5.69 Å². The Hall–Kier alpha value is -3.45. The molecule has 0 atom stereocenters. The average molecular weight is 474 g/mol. The lowest BCUT2D eigenvalue weighted by Gasteiger charge is -2.23. The molecule has 7 nitrogen and oxygen atoms in total. The summed E-state index contributed by atoms with van der Waals surface area (Å²) in [5, 5.41) is 0. The highest BCUT2D eigenvalue weighted by atomic mass is 16.2. The van der Waals surface area contributed by atoms with Crippen LogP contribution in [0.1, 0.15) is 61.9 Å². The summed E-state index contributed by atoms with van der Waals surface area (Å²) in [7, 11) is 0. The first-order valence-corrected chi connectivity index (χ1v) is 12.6. The van der Waals surface area contributed by atoms with E-state index in [1.54, 1.807) is 0 Å². The lowest BCUT2D eigenvalue weighted by Crippen LogP contribution is -2.36. The first kappa shape index (κ1) is 24.7. The van der Waals surface area contributed by atoms with Crippen LogP contribution in [0.3, 0.4) is 0 Å². The van der Waals surface area contributed by atoms with Gasteiger partial charge in [0.05, 0.1) is 5.69 Å². The zero-order chi connectivity index (χ0) is 24.8. The van der Waals surface area contributed by atoms with Crippen LogP contribution < -0.4 is 11.3 Å². The number of nitrogens with zero attached hydrogens (tertiary/aromatic N) is 3. The number of benzene rings is 2. The number of hydrogen-bond acceptors (Lipinski definition) is 5.